The molecule has 1 aliphatic heterocycles. The number of aryl methyl sites for hydroxylation is 2. The Labute approximate surface area is 170 Å². The van der Waals surface area contributed by atoms with Crippen LogP contribution in [0, 0.1) is 13.8 Å². The van der Waals surface area contributed by atoms with E-state index in [1.807, 2.05) is 32.0 Å². The second-order valence-corrected chi connectivity index (χ2v) is 8.96. The maximum atomic E-state index is 13.0. The first-order chi connectivity index (χ1) is 13.9. The molecule has 0 aliphatic carbocycles. The van der Waals surface area contributed by atoms with Gasteiger partial charge in [-0.05, 0) is 62.1 Å². The predicted molar refractivity (Wildman–Crippen MR) is 114 cm³/mol. The SMILES string of the molecule is Cc1ccc(S(=O)(=O)Nc2nc3ccccc3nc2NC[C@H]2CCCO2)cc1C. The summed E-state index contributed by atoms with van der Waals surface area (Å²) in [6.45, 7) is 5.13. The fraction of sp³-hybridized carbons (Fsp3) is 0.333. The normalized spacial score (nSPS) is 16.8. The largest absolute Gasteiger partial charge is 0.376 e. The van der Waals surface area contributed by atoms with Crippen molar-refractivity contribution in [3.63, 3.8) is 0 Å². The number of benzene rings is 2. The van der Waals surface area contributed by atoms with Crippen molar-refractivity contribution in [1.29, 1.82) is 0 Å². The number of anilines is 2. The highest BCUT2D eigenvalue weighted by Crippen LogP contribution is 2.25. The van der Waals surface area contributed by atoms with E-state index in [-0.39, 0.29) is 16.8 Å². The molecule has 2 N–H and O–H groups in total. The van der Waals surface area contributed by atoms with E-state index in [0.29, 0.717) is 23.4 Å². The van der Waals surface area contributed by atoms with Crippen LogP contribution in [0.25, 0.3) is 11.0 Å². The minimum Gasteiger partial charge on any atom is -0.376 e. The van der Waals surface area contributed by atoms with Crippen LogP contribution in [0.5, 0.6) is 0 Å². The summed E-state index contributed by atoms with van der Waals surface area (Å²) in [5.74, 6) is 0.575. The molecule has 0 saturated carbocycles. The van der Waals surface area contributed by atoms with Crippen molar-refractivity contribution in [2.75, 3.05) is 23.2 Å². The Kier molecular flexibility index (Phi) is 5.38. The Morgan fingerprint density at radius 3 is 2.41 bits per heavy atom. The molecule has 7 nitrogen and oxygen atoms in total. The first-order valence-electron chi connectivity index (χ1n) is 9.65. The Morgan fingerprint density at radius 1 is 1.03 bits per heavy atom. The molecule has 29 heavy (non-hydrogen) atoms. The smallest absolute Gasteiger partial charge is 0.263 e. The zero-order valence-corrected chi connectivity index (χ0v) is 17.3. The molecule has 1 saturated heterocycles. The van der Waals surface area contributed by atoms with Gasteiger partial charge in [-0.1, -0.05) is 18.2 Å². The molecule has 0 radical (unpaired) electrons. The fourth-order valence-corrected chi connectivity index (χ4v) is 4.37. The van der Waals surface area contributed by atoms with Crippen molar-refractivity contribution < 1.29 is 13.2 Å². The number of nitrogens with one attached hydrogen (secondary N) is 2. The minimum absolute atomic E-state index is 0.0903. The van der Waals surface area contributed by atoms with Gasteiger partial charge in [0.25, 0.3) is 10.0 Å². The maximum absolute atomic E-state index is 13.0. The van der Waals surface area contributed by atoms with E-state index in [0.717, 1.165) is 30.6 Å². The second-order valence-electron chi connectivity index (χ2n) is 7.28. The molecule has 0 amide bonds. The molecule has 2 heterocycles. The molecule has 4 rings (SSSR count). The van der Waals surface area contributed by atoms with Crippen LogP contribution in [0.4, 0.5) is 11.6 Å². The van der Waals surface area contributed by atoms with Crippen LogP contribution in [0.2, 0.25) is 0 Å². The molecule has 1 fully saturated rings. The molecular formula is C21H24N4O3S. The summed E-state index contributed by atoms with van der Waals surface area (Å²) in [5, 5.41) is 3.22. The van der Waals surface area contributed by atoms with Crippen molar-refractivity contribution in [1.82, 2.24) is 9.97 Å². The molecule has 0 spiro atoms. The zero-order valence-electron chi connectivity index (χ0n) is 16.5. The number of hydrogen-bond donors (Lipinski definition) is 2. The van der Waals surface area contributed by atoms with Crippen molar-refractivity contribution >= 4 is 32.7 Å². The molecule has 152 valence electrons. The van der Waals surface area contributed by atoms with E-state index < -0.39 is 10.0 Å². The van der Waals surface area contributed by atoms with Crippen LogP contribution in [-0.2, 0) is 14.8 Å². The number of sulfonamides is 1. The van der Waals surface area contributed by atoms with Gasteiger partial charge in [0, 0.05) is 13.2 Å². The molecule has 2 aromatic carbocycles. The summed E-state index contributed by atoms with van der Waals surface area (Å²) in [7, 11) is -3.80. The molecule has 0 bridgehead atoms. The van der Waals surface area contributed by atoms with E-state index in [4.69, 9.17) is 4.74 Å². The van der Waals surface area contributed by atoms with E-state index in [1.54, 1.807) is 24.3 Å². The molecule has 3 aromatic rings. The van der Waals surface area contributed by atoms with E-state index in [9.17, 15) is 8.42 Å². The average molecular weight is 413 g/mol. The quantitative estimate of drug-likeness (QED) is 0.642. The summed E-state index contributed by atoms with van der Waals surface area (Å²) < 4.78 is 34.2. The number of para-hydroxylation sites is 2. The number of fused-ring (bicyclic) bond motifs is 1. The highest BCUT2D eigenvalue weighted by atomic mass is 32.2. The van der Waals surface area contributed by atoms with Gasteiger partial charge in [0.15, 0.2) is 11.6 Å². The highest BCUT2D eigenvalue weighted by molar-refractivity contribution is 7.92. The van der Waals surface area contributed by atoms with Gasteiger partial charge in [-0.3, -0.25) is 4.72 Å². The van der Waals surface area contributed by atoms with Crippen molar-refractivity contribution in [3.05, 3.63) is 53.6 Å². The standard InChI is InChI=1S/C21H24N4O3S/c1-14-9-10-17(12-15(14)2)29(26,27)25-21-20(22-13-16-6-5-11-28-16)23-18-7-3-4-8-19(18)24-21/h3-4,7-10,12,16H,5-6,11,13H2,1-2H3,(H,22,23)(H,24,25)/t16-/m1/s1. The monoisotopic (exact) mass is 412 g/mol. The lowest BCUT2D eigenvalue weighted by Gasteiger charge is -2.16. The summed E-state index contributed by atoms with van der Waals surface area (Å²) >= 11 is 0. The molecule has 8 heteroatoms. The molecular weight excluding hydrogens is 388 g/mol. The first-order valence-corrected chi connectivity index (χ1v) is 11.1. The Hall–Kier alpha value is -2.71. The van der Waals surface area contributed by atoms with E-state index in [2.05, 4.69) is 20.0 Å². The van der Waals surface area contributed by atoms with Gasteiger partial charge in [0.2, 0.25) is 0 Å². The Balaban J connectivity index is 1.68. The number of ether oxygens (including phenoxy) is 1. The summed E-state index contributed by atoms with van der Waals surface area (Å²) in [6.07, 6.45) is 2.09. The van der Waals surface area contributed by atoms with E-state index >= 15 is 0 Å². The third kappa shape index (κ3) is 4.33. The molecule has 1 atom stereocenters. The van der Waals surface area contributed by atoms with Crippen molar-refractivity contribution in [2.45, 2.75) is 37.7 Å². The lowest BCUT2D eigenvalue weighted by atomic mass is 10.1. The van der Waals surface area contributed by atoms with Crippen LogP contribution < -0.4 is 10.0 Å². The zero-order chi connectivity index (χ0) is 20.4. The third-order valence-electron chi connectivity index (χ3n) is 5.11. The number of nitrogens with zero attached hydrogens (tertiary/aromatic N) is 2. The molecule has 1 aromatic heterocycles. The van der Waals surface area contributed by atoms with Gasteiger partial charge in [-0.15, -0.1) is 0 Å². The molecule has 1 aliphatic rings. The summed E-state index contributed by atoms with van der Waals surface area (Å²) in [6, 6.07) is 12.4. The lowest BCUT2D eigenvalue weighted by molar-refractivity contribution is 0.120. The molecule has 0 unspecified atom stereocenters. The van der Waals surface area contributed by atoms with Crippen molar-refractivity contribution in [2.24, 2.45) is 0 Å². The van der Waals surface area contributed by atoms with Crippen LogP contribution >= 0.6 is 0 Å². The lowest BCUT2D eigenvalue weighted by Crippen LogP contribution is -2.21. The van der Waals surface area contributed by atoms with Crippen LogP contribution in [-0.4, -0.2) is 37.6 Å². The van der Waals surface area contributed by atoms with Crippen LogP contribution in [0.15, 0.2) is 47.4 Å². The van der Waals surface area contributed by atoms with Gasteiger partial charge in [0.1, 0.15) is 0 Å². The summed E-state index contributed by atoms with van der Waals surface area (Å²) in [4.78, 5) is 9.30. The fourth-order valence-electron chi connectivity index (χ4n) is 3.28. The third-order valence-corrected chi connectivity index (χ3v) is 6.45. The Bertz CT molecular complexity index is 1140. The van der Waals surface area contributed by atoms with Gasteiger partial charge >= 0.3 is 0 Å². The van der Waals surface area contributed by atoms with E-state index in [1.165, 1.54) is 0 Å². The van der Waals surface area contributed by atoms with Crippen LogP contribution in [0.3, 0.4) is 0 Å². The maximum Gasteiger partial charge on any atom is 0.263 e. The number of rotatable bonds is 6. The predicted octanol–water partition coefficient (Wildman–Crippen LogP) is 3.64. The Morgan fingerprint density at radius 2 is 1.76 bits per heavy atom. The second kappa shape index (κ2) is 7.96. The van der Waals surface area contributed by atoms with Crippen LogP contribution in [0.1, 0.15) is 24.0 Å². The highest BCUT2D eigenvalue weighted by Gasteiger charge is 2.21. The average Bonchev–Trinajstić information content (AvgIpc) is 3.21. The van der Waals surface area contributed by atoms with Gasteiger partial charge in [-0.2, -0.15) is 0 Å². The first kappa shape index (κ1) is 19.6. The van der Waals surface area contributed by atoms with Crippen molar-refractivity contribution in [3.8, 4) is 0 Å². The summed E-state index contributed by atoms with van der Waals surface area (Å²) in [5.41, 5.74) is 3.26. The number of hydrogen-bond acceptors (Lipinski definition) is 6. The minimum atomic E-state index is -3.80. The topological polar surface area (TPSA) is 93.2 Å². The van der Waals surface area contributed by atoms with Gasteiger partial charge < -0.3 is 10.1 Å². The van der Waals surface area contributed by atoms with Gasteiger partial charge in [-0.25, -0.2) is 18.4 Å². The van der Waals surface area contributed by atoms with Gasteiger partial charge in [0.05, 0.1) is 22.0 Å². The number of aromatic nitrogens is 2.